The molecule has 0 saturated heterocycles. The molecule has 0 heterocycles. The Bertz CT molecular complexity index is 81.0. The monoisotopic (exact) mass is 130 g/mol. The third-order valence-corrected chi connectivity index (χ3v) is 2.05. The molecule has 0 aliphatic heterocycles. The maximum absolute atomic E-state index is 9.04. The van der Waals surface area contributed by atoms with Crippen LogP contribution in [0, 0.1) is 5.92 Å². The lowest BCUT2D eigenvalue weighted by atomic mass is 10.1. The summed E-state index contributed by atoms with van der Waals surface area (Å²) in [5.41, 5.74) is 0. The summed E-state index contributed by atoms with van der Waals surface area (Å²) < 4.78 is 0. The first-order valence-electron chi connectivity index (χ1n) is 3.62. The average molecular weight is 130 g/mol. The summed E-state index contributed by atoms with van der Waals surface area (Å²) >= 11 is 0. The highest BCUT2D eigenvalue weighted by molar-refractivity contribution is 4.73. The molecule has 1 aliphatic rings. The van der Waals surface area contributed by atoms with Gasteiger partial charge in [0.05, 0.1) is 6.10 Å². The molecule has 0 spiro atoms. The summed E-state index contributed by atoms with van der Waals surface area (Å²) in [5, 5.41) is 17.6. The van der Waals surface area contributed by atoms with Crippen LogP contribution in [0.15, 0.2) is 0 Å². The van der Waals surface area contributed by atoms with Crippen molar-refractivity contribution < 1.29 is 10.2 Å². The van der Waals surface area contributed by atoms with Crippen molar-refractivity contribution in [2.45, 2.75) is 31.8 Å². The van der Waals surface area contributed by atoms with Gasteiger partial charge in [0.1, 0.15) is 0 Å². The van der Waals surface area contributed by atoms with E-state index < -0.39 is 0 Å². The summed E-state index contributed by atoms with van der Waals surface area (Å²) in [6.07, 6.45) is 3.73. The Balaban J connectivity index is 2.14. The first-order chi connectivity index (χ1) is 4.33. The fourth-order valence-corrected chi connectivity index (χ4v) is 1.49. The third-order valence-electron chi connectivity index (χ3n) is 2.05. The Labute approximate surface area is 55.5 Å². The fourth-order valence-electron chi connectivity index (χ4n) is 1.49. The topological polar surface area (TPSA) is 40.5 Å². The number of aliphatic hydroxyl groups excluding tert-OH is 2. The molecule has 9 heavy (non-hydrogen) atoms. The summed E-state index contributed by atoms with van der Waals surface area (Å²) in [7, 11) is 0. The van der Waals surface area contributed by atoms with Gasteiger partial charge in [0.2, 0.25) is 0 Å². The zero-order valence-electron chi connectivity index (χ0n) is 5.58. The minimum atomic E-state index is -0.0819. The number of aliphatic hydroxyl groups is 2. The number of rotatable bonds is 2. The molecule has 0 aromatic rings. The molecule has 0 aromatic heterocycles. The van der Waals surface area contributed by atoms with Crippen molar-refractivity contribution >= 4 is 0 Å². The quantitative estimate of drug-likeness (QED) is 0.572. The van der Waals surface area contributed by atoms with E-state index in [2.05, 4.69) is 0 Å². The molecule has 1 rings (SSSR count). The maximum atomic E-state index is 9.04. The highest BCUT2D eigenvalue weighted by atomic mass is 16.3. The van der Waals surface area contributed by atoms with Gasteiger partial charge < -0.3 is 10.2 Å². The normalized spacial score (nSPS) is 35.3. The molecule has 1 aliphatic carbocycles. The first kappa shape index (κ1) is 7.03. The van der Waals surface area contributed by atoms with Gasteiger partial charge in [-0.25, -0.2) is 0 Å². The van der Waals surface area contributed by atoms with Gasteiger partial charge in [-0.15, -0.1) is 0 Å². The van der Waals surface area contributed by atoms with Crippen LogP contribution in [-0.4, -0.2) is 22.9 Å². The largest absolute Gasteiger partial charge is 0.396 e. The molecular weight excluding hydrogens is 116 g/mol. The van der Waals surface area contributed by atoms with Gasteiger partial charge in [-0.1, -0.05) is 0 Å². The average Bonchev–Trinajstić information content (AvgIpc) is 2.17. The van der Waals surface area contributed by atoms with Crippen molar-refractivity contribution in [3.8, 4) is 0 Å². The Hall–Kier alpha value is -0.0800. The Morgan fingerprint density at radius 1 is 1.33 bits per heavy atom. The fraction of sp³-hybridized carbons (Fsp3) is 1.00. The van der Waals surface area contributed by atoms with Gasteiger partial charge >= 0.3 is 0 Å². The van der Waals surface area contributed by atoms with E-state index in [-0.39, 0.29) is 12.7 Å². The van der Waals surface area contributed by atoms with E-state index in [0.29, 0.717) is 5.92 Å². The van der Waals surface area contributed by atoms with Gasteiger partial charge in [-0.05, 0) is 31.6 Å². The predicted molar refractivity (Wildman–Crippen MR) is 35.1 cm³/mol. The van der Waals surface area contributed by atoms with E-state index in [1.807, 2.05) is 0 Å². The van der Waals surface area contributed by atoms with E-state index in [1.54, 1.807) is 0 Å². The summed E-state index contributed by atoms with van der Waals surface area (Å²) in [4.78, 5) is 0. The van der Waals surface area contributed by atoms with Crippen LogP contribution >= 0.6 is 0 Å². The highest BCUT2D eigenvalue weighted by Crippen LogP contribution is 2.27. The molecule has 2 nitrogen and oxygen atoms in total. The first-order valence-corrected chi connectivity index (χ1v) is 3.62. The number of hydrogen-bond donors (Lipinski definition) is 2. The molecule has 2 heteroatoms. The lowest BCUT2D eigenvalue weighted by molar-refractivity contribution is 0.173. The second-order valence-corrected chi connectivity index (χ2v) is 2.85. The van der Waals surface area contributed by atoms with Crippen LogP contribution in [-0.2, 0) is 0 Å². The lowest BCUT2D eigenvalue weighted by Gasteiger charge is -2.04. The van der Waals surface area contributed by atoms with E-state index in [1.165, 1.54) is 0 Å². The maximum Gasteiger partial charge on any atom is 0.0543 e. The van der Waals surface area contributed by atoms with Crippen LogP contribution in [0.4, 0.5) is 0 Å². The Morgan fingerprint density at radius 3 is 2.56 bits per heavy atom. The summed E-state index contributed by atoms with van der Waals surface area (Å²) in [6, 6.07) is 0. The zero-order valence-corrected chi connectivity index (χ0v) is 5.58. The summed E-state index contributed by atoms with van der Waals surface area (Å²) in [5.74, 6) is 0.588. The SMILES string of the molecule is OCCC1CCC(O)C1. The predicted octanol–water partition coefficient (Wildman–Crippen LogP) is 0.530. The van der Waals surface area contributed by atoms with Gasteiger partial charge in [0.15, 0.2) is 0 Å². The van der Waals surface area contributed by atoms with Crippen molar-refractivity contribution in [1.29, 1.82) is 0 Å². The van der Waals surface area contributed by atoms with Crippen LogP contribution < -0.4 is 0 Å². The third kappa shape index (κ3) is 1.95. The summed E-state index contributed by atoms with van der Waals surface area (Å²) in [6.45, 7) is 0.275. The smallest absolute Gasteiger partial charge is 0.0543 e. The Kier molecular flexibility index (Phi) is 2.49. The van der Waals surface area contributed by atoms with Crippen molar-refractivity contribution in [2.24, 2.45) is 5.92 Å². The molecule has 0 aromatic carbocycles. The highest BCUT2D eigenvalue weighted by Gasteiger charge is 2.21. The minimum Gasteiger partial charge on any atom is -0.396 e. The van der Waals surface area contributed by atoms with E-state index >= 15 is 0 Å². The Morgan fingerprint density at radius 2 is 2.11 bits per heavy atom. The van der Waals surface area contributed by atoms with Crippen molar-refractivity contribution in [2.75, 3.05) is 6.61 Å². The van der Waals surface area contributed by atoms with Crippen molar-refractivity contribution in [1.82, 2.24) is 0 Å². The molecule has 1 saturated carbocycles. The second kappa shape index (κ2) is 3.18. The van der Waals surface area contributed by atoms with Crippen LogP contribution in [0.1, 0.15) is 25.7 Å². The van der Waals surface area contributed by atoms with E-state index in [9.17, 15) is 0 Å². The molecule has 0 bridgehead atoms. The van der Waals surface area contributed by atoms with Gasteiger partial charge in [-0.3, -0.25) is 0 Å². The van der Waals surface area contributed by atoms with E-state index in [4.69, 9.17) is 10.2 Å². The molecule has 2 N–H and O–H groups in total. The number of hydrogen-bond acceptors (Lipinski definition) is 2. The molecule has 0 radical (unpaired) electrons. The molecule has 54 valence electrons. The molecule has 2 unspecified atom stereocenters. The van der Waals surface area contributed by atoms with Crippen LogP contribution in [0.2, 0.25) is 0 Å². The van der Waals surface area contributed by atoms with Crippen LogP contribution in [0.5, 0.6) is 0 Å². The molecule has 0 amide bonds. The van der Waals surface area contributed by atoms with Gasteiger partial charge in [-0.2, -0.15) is 0 Å². The standard InChI is InChI=1S/C7H14O2/c8-4-3-6-1-2-7(9)5-6/h6-9H,1-5H2. The van der Waals surface area contributed by atoms with Crippen LogP contribution in [0.3, 0.4) is 0 Å². The van der Waals surface area contributed by atoms with Crippen LogP contribution in [0.25, 0.3) is 0 Å². The van der Waals surface area contributed by atoms with Gasteiger partial charge in [0, 0.05) is 6.61 Å². The molecule has 2 atom stereocenters. The van der Waals surface area contributed by atoms with Gasteiger partial charge in [0.25, 0.3) is 0 Å². The van der Waals surface area contributed by atoms with E-state index in [0.717, 1.165) is 25.7 Å². The van der Waals surface area contributed by atoms with Crippen molar-refractivity contribution in [3.05, 3.63) is 0 Å². The lowest BCUT2D eigenvalue weighted by Crippen LogP contribution is -2.01. The van der Waals surface area contributed by atoms with Crippen molar-refractivity contribution in [3.63, 3.8) is 0 Å². The minimum absolute atomic E-state index is 0.0819. The molecule has 1 fully saturated rings. The second-order valence-electron chi connectivity index (χ2n) is 2.85. The zero-order chi connectivity index (χ0) is 6.69. The molecular formula is C7H14O2.